The molecule has 1 aromatic heterocycles. The Bertz CT molecular complexity index is 1170. The minimum atomic E-state index is -4.69. The number of nitrogens with two attached hydrogens (primary N) is 1. The smallest absolute Gasteiger partial charge is 0.394 e. The van der Waals surface area contributed by atoms with Crippen LogP contribution in [0.3, 0.4) is 0 Å². The lowest BCUT2D eigenvalue weighted by Crippen LogP contribution is -2.33. The molecule has 0 saturated heterocycles. The summed E-state index contributed by atoms with van der Waals surface area (Å²) in [7, 11) is 0. The second-order valence-corrected chi connectivity index (χ2v) is 9.68. The molecular formula is C23H23BrF5N5OS. The summed E-state index contributed by atoms with van der Waals surface area (Å²) in [5.74, 6) is -2.14. The highest BCUT2D eigenvalue weighted by Crippen LogP contribution is 2.31. The van der Waals surface area contributed by atoms with Crippen molar-refractivity contribution in [3.05, 3.63) is 63.0 Å². The Kier molecular flexibility index (Phi) is 9.45. The third-order valence-corrected chi connectivity index (χ3v) is 6.61. The molecule has 194 valence electrons. The molecule has 1 fully saturated rings. The van der Waals surface area contributed by atoms with Crippen LogP contribution in [0, 0.1) is 11.6 Å². The van der Waals surface area contributed by atoms with Crippen molar-refractivity contribution in [2.45, 2.75) is 49.5 Å². The highest BCUT2D eigenvalue weighted by atomic mass is 79.9. The molecule has 1 aliphatic rings. The number of amides is 1. The molecule has 0 aliphatic heterocycles. The number of hydrogen-bond donors (Lipinski definition) is 2. The number of aromatic nitrogens is 2. The van der Waals surface area contributed by atoms with Crippen molar-refractivity contribution < 1.29 is 26.7 Å². The predicted octanol–water partition coefficient (Wildman–Crippen LogP) is 5.43. The molecule has 3 N–H and O–H groups in total. The van der Waals surface area contributed by atoms with E-state index in [0.29, 0.717) is 28.2 Å². The minimum absolute atomic E-state index is 0.00734. The number of hydrogen-bond acceptors (Lipinski definition) is 6. The van der Waals surface area contributed by atoms with Crippen molar-refractivity contribution in [2.75, 3.05) is 12.8 Å². The van der Waals surface area contributed by atoms with Crippen molar-refractivity contribution >= 4 is 39.3 Å². The van der Waals surface area contributed by atoms with Crippen molar-refractivity contribution in [1.29, 1.82) is 0 Å². The van der Waals surface area contributed by atoms with Gasteiger partial charge in [0.25, 0.3) is 0 Å². The van der Waals surface area contributed by atoms with Gasteiger partial charge in [0, 0.05) is 23.5 Å². The molecule has 1 aliphatic carbocycles. The largest absolute Gasteiger partial charge is 0.431 e. The number of nitrogens with one attached hydrogen (secondary N) is 1. The summed E-state index contributed by atoms with van der Waals surface area (Å²) in [4.78, 5) is 25.5. The highest BCUT2D eigenvalue weighted by molar-refractivity contribution is 9.10. The summed E-state index contributed by atoms with van der Waals surface area (Å²) in [5.41, 5.74) is 4.85. The number of allylic oxidation sites excluding steroid dienone is 2. The molecule has 6 nitrogen and oxygen atoms in total. The van der Waals surface area contributed by atoms with Gasteiger partial charge in [-0.15, -0.1) is 0 Å². The topological polar surface area (TPSA) is 93.3 Å². The Labute approximate surface area is 217 Å². The van der Waals surface area contributed by atoms with Gasteiger partial charge in [0.2, 0.25) is 5.91 Å². The summed E-state index contributed by atoms with van der Waals surface area (Å²) in [6.45, 7) is -0.448. The van der Waals surface area contributed by atoms with E-state index < -0.39 is 42.0 Å². The zero-order chi connectivity index (χ0) is 26.5. The molecule has 3 rings (SSSR count). The fraction of sp³-hybridized carbons (Fsp3) is 0.391. The highest BCUT2D eigenvalue weighted by Gasteiger charge is 2.36. The Balaban J connectivity index is 1.87. The normalized spacial score (nSPS) is 17.7. The monoisotopic (exact) mass is 591 g/mol. The number of benzene rings is 1. The molecule has 0 unspecified atom stereocenters. The molecule has 2 aromatic rings. The molecule has 1 atom stereocenters. The Morgan fingerprint density at radius 1 is 1.22 bits per heavy atom. The van der Waals surface area contributed by atoms with E-state index in [0.717, 1.165) is 18.2 Å². The maximum absolute atomic E-state index is 13.8. The Morgan fingerprint density at radius 3 is 2.53 bits per heavy atom. The number of thioether (sulfide) groups is 1. The first kappa shape index (κ1) is 28.0. The van der Waals surface area contributed by atoms with E-state index >= 15 is 0 Å². The number of nitrogens with zero attached hydrogens (tertiary/aromatic N) is 3. The summed E-state index contributed by atoms with van der Waals surface area (Å²) < 4.78 is 67.4. The lowest BCUT2D eigenvalue weighted by Gasteiger charge is -2.22. The second-order valence-electron chi connectivity index (χ2n) is 8.05. The molecule has 1 aromatic carbocycles. The van der Waals surface area contributed by atoms with Gasteiger partial charge in [0.05, 0.1) is 16.2 Å². The van der Waals surface area contributed by atoms with Crippen molar-refractivity contribution in [1.82, 2.24) is 15.3 Å². The lowest BCUT2D eigenvalue weighted by molar-refractivity contribution is -0.120. The fourth-order valence-electron chi connectivity index (χ4n) is 3.82. The lowest BCUT2D eigenvalue weighted by atomic mass is 9.91. The molecule has 36 heavy (non-hydrogen) atoms. The van der Waals surface area contributed by atoms with Gasteiger partial charge in [-0.05, 0) is 72.0 Å². The summed E-state index contributed by atoms with van der Waals surface area (Å²) in [6, 6.07) is 2.20. The van der Waals surface area contributed by atoms with Gasteiger partial charge in [-0.25, -0.2) is 18.7 Å². The van der Waals surface area contributed by atoms with Crippen LogP contribution in [0.5, 0.6) is 0 Å². The van der Waals surface area contributed by atoms with E-state index in [1.165, 1.54) is 18.0 Å². The third kappa shape index (κ3) is 7.48. The number of carbonyl (C=O) groups is 1. The molecule has 0 bridgehead atoms. The SMILES string of the molecule is CSc1ncc(Br)c([C@@H](Cc2cc(F)cc(F)c2)NC(=O)CN=C2CCCCC2=C(N)C(F)(F)F)n1. The van der Waals surface area contributed by atoms with E-state index in [-0.39, 0.29) is 36.1 Å². The van der Waals surface area contributed by atoms with Crippen LogP contribution >= 0.6 is 27.7 Å². The predicted molar refractivity (Wildman–Crippen MR) is 130 cm³/mol. The first-order chi connectivity index (χ1) is 17.0. The van der Waals surface area contributed by atoms with Crippen LogP contribution in [0.4, 0.5) is 22.0 Å². The van der Waals surface area contributed by atoms with Gasteiger partial charge in [0.1, 0.15) is 23.9 Å². The first-order valence-electron chi connectivity index (χ1n) is 10.9. The molecular weight excluding hydrogens is 569 g/mol. The summed E-state index contributed by atoms with van der Waals surface area (Å²) >= 11 is 4.62. The Hall–Kier alpha value is -2.54. The maximum atomic E-state index is 13.8. The van der Waals surface area contributed by atoms with Crippen molar-refractivity contribution in [3.63, 3.8) is 0 Å². The van der Waals surface area contributed by atoms with Gasteiger partial charge in [0.15, 0.2) is 5.16 Å². The van der Waals surface area contributed by atoms with E-state index in [1.54, 1.807) is 6.26 Å². The number of alkyl halides is 3. The molecule has 1 saturated carbocycles. The first-order valence-corrected chi connectivity index (χ1v) is 12.9. The molecule has 13 heteroatoms. The van der Waals surface area contributed by atoms with Gasteiger partial charge in [-0.3, -0.25) is 9.79 Å². The van der Waals surface area contributed by atoms with E-state index in [1.807, 2.05) is 0 Å². The Morgan fingerprint density at radius 2 is 1.89 bits per heavy atom. The number of aliphatic imine (C=N–C) groups is 1. The third-order valence-electron chi connectivity index (χ3n) is 5.44. The maximum Gasteiger partial charge on any atom is 0.431 e. The number of halogens is 6. The van der Waals surface area contributed by atoms with Gasteiger partial charge in [-0.1, -0.05) is 11.8 Å². The van der Waals surface area contributed by atoms with Crippen molar-refractivity contribution in [3.8, 4) is 0 Å². The summed E-state index contributed by atoms with van der Waals surface area (Å²) in [5, 5.41) is 3.15. The molecule has 0 radical (unpaired) electrons. The standard InChI is InChI=1S/C23H23BrF5N5OS/c1-36-22-32-10-16(24)20(34-22)18(8-12-6-13(25)9-14(26)7-12)33-19(35)11-31-17-5-3-2-4-15(17)21(30)23(27,28)29/h6-7,9-10,18H,2-5,8,11,30H2,1H3,(H,33,35)/t18-/m1/s1. The van der Waals surface area contributed by atoms with Crippen LogP contribution in [0.25, 0.3) is 0 Å². The van der Waals surface area contributed by atoms with Crippen LogP contribution < -0.4 is 11.1 Å². The fourth-order valence-corrected chi connectivity index (χ4v) is 4.63. The van der Waals surface area contributed by atoms with Gasteiger partial charge in [-0.2, -0.15) is 13.2 Å². The minimum Gasteiger partial charge on any atom is -0.394 e. The van der Waals surface area contributed by atoms with Crippen LogP contribution in [0.15, 0.2) is 50.3 Å². The average Bonchev–Trinajstić information content (AvgIpc) is 2.81. The van der Waals surface area contributed by atoms with Crippen LogP contribution in [-0.4, -0.2) is 40.6 Å². The summed E-state index contributed by atoms with van der Waals surface area (Å²) in [6.07, 6.45) is 0.156. The number of carbonyl (C=O) groups excluding carboxylic acids is 1. The van der Waals surface area contributed by atoms with Crippen LogP contribution in [0.1, 0.15) is 43.0 Å². The average molecular weight is 592 g/mol. The molecule has 0 spiro atoms. The quantitative estimate of drug-likeness (QED) is 0.254. The molecule has 1 amide bonds. The van der Waals surface area contributed by atoms with Crippen LogP contribution in [-0.2, 0) is 11.2 Å². The van der Waals surface area contributed by atoms with E-state index in [2.05, 4.69) is 36.2 Å². The zero-order valence-corrected chi connectivity index (χ0v) is 21.5. The van der Waals surface area contributed by atoms with E-state index in [9.17, 15) is 26.7 Å². The second kappa shape index (κ2) is 12.1. The van der Waals surface area contributed by atoms with Gasteiger partial charge < -0.3 is 11.1 Å². The zero-order valence-electron chi connectivity index (χ0n) is 19.1. The van der Waals surface area contributed by atoms with Crippen LogP contribution in [0.2, 0.25) is 0 Å². The van der Waals surface area contributed by atoms with Crippen molar-refractivity contribution in [2.24, 2.45) is 10.7 Å². The van der Waals surface area contributed by atoms with E-state index in [4.69, 9.17) is 5.73 Å². The molecule has 1 heterocycles. The number of rotatable bonds is 7. The van der Waals surface area contributed by atoms with Gasteiger partial charge >= 0.3 is 6.18 Å².